The standard InChI is InChI=1S/C24H24N2O4/c1-25(2)19-7-5-9-21(15-19)29-23(27)17-11-13-18(14-12-17)24(28)30-22-10-6-8-20(16-22)26(3)4/h5-16H,1-4H3. The molecule has 0 aliphatic carbocycles. The molecule has 0 amide bonds. The Morgan fingerprint density at radius 3 is 1.30 bits per heavy atom. The summed E-state index contributed by atoms with van der Waals surface area (Å²) < 4.78 is 10.9. The Balaban J connectivity index is 1.67. The molecular formula is C24H24N2O4. The van der Waals surface area contributed by atoms with Gasteiger partial charge in [0.1, 0.15) is 11.5 Å². The van der Waals surface area contributed by atoms with Gasteiger partial charge in [-0.05, 0) is 48.5 Å². The van der Waals surface area contributed by atoms with E-state index in [9.17, 15) is 9.59 Å². The summed E-state index contributed by atoms with van der Waals surface area (Å²) in [6.45, 7) is 0. The highest BCUT2D eigenvalue weighted by Crippen LogP contribution is 2.22. The van der Waals surface area contributed by atoms with Gasteiger partial charge in [-0.15, -0.1) is 0 Å². The molecule has 154 valence electrons. The van der Waals surface area contributed by atoms with Gasteiger partial charge in [-0.2, -0.15) is 0 Å². The Morgan fingerprint density at radius 2 is 0.967 bits per heavy atom. The van der Waals surface area contributed by atoms with E-state index in [4.69, 9.17) is 9.47 Å². The van der Waals surface area contributed by atoms with E-state index >= 15 is 0 Å². The average Bonchev–Trinajstić information content (AvgIpc) is 2.74. The van der Waals surface area contributed by atoms with Crippen LogP contribution in [0.4, 0.5) is 11.4 Å². The highest BCUT2D eigenvalue weighted by molar-refractivity contribution is 5.95. The Bertz CT molecular complexity index is 959. The van der Waals surface area contributed by atoms with Crippen LogP contribution in [0.3, 0.4) is 0 Å². The number of benzene rings is 3. The molecule has 0 saturated heterocycles. The van der Waals surface area contributed by atoms with Crippen LogP contribution in [0.15, 0.2) is 72.8 Å². The maximum absolute atomic E-state index is 12.4. The second-order valence-corrected chi connectivity index (χ2v) is 7.14. The number of carbonyl (C=O) groups excluding carboxylic acids is 2. The third kappa shape index (κ3) is 5.17. The van der Waals surface area contributed by atoms with E-state index in [2.05, 4.69) is 0 Å². The van der Waals surface area contributed by atoms with Crippen LogP contribution in [0.5, 0.6) is 11.5 Å². The molecule has 3 aromatic rings. The Morgan fingerprint density at radius 1 is 0.600 bits per heavy atom. The lowest BCUT2D eigenvalue weighted by Gasteiger charge is -2.14. The van der Waals surface area contributed by atoms with Crippen LogP contribution in [-0.2, 0) is 0 Å². The summed E-state index contributed by atoms with van der Waals surface area (Å²) in [5.41, 5.74) is 2.54. The third-order valence-corrected chi connectivity index (χ3v) is 4.45. The topological polar surface area (TPSA) is 59.1 Å². The van der Waals surface area contributed by atoms with Gasteiger partial charge in [0.25, 0.3) is 0 Å². The molecular weight excluding hydrogens is 380 g/mol. The molecule has 0 N–H and O–H groups in total. The second-order valence-electron chi connectivity index (χ2n) is 7.14. The molecule has 0 saturated carbocycles. The monoisotopic (exact) mass is 404 g/mol. The zero-order valence-electron chi connectivity index (χ0n) is 17.5. The molecule has 30 heavy (non-hydrogen) atoms. The predicted molar refractivity (Wildman–Crippen MR) is 118 cm³/mol. The van der Waals surface area contributed by atoms with E-state index in [0.29, 0.717) is 22.6 Å². The fourth-order valence-electron chi connectivity index (χ4n) is 2.72. The van der Waals surface area contributed by atoms with Gasteiger partial charge in [0.2, 0.25) is 0 Å². The number of carbonyl (C=O) groups is 2. The number of hydrogen-bond donors (Lipinski definition) is 0. The minimum Gasteiger partial charge on any atom is -0.423 e. The summed E-state index contributed by atoms with van der Waals surface area (Å²) in [5, 5.41) is 0. The van der Waals surface area contributed by atoms with Gasteiger partial charge in [-0.1, -0.05) is 12.1 Å². The van der Waals surface area contributed by atoms with Crippen molar-refractivity contribution in [3.8, 4) is 11.5 Å². The first-order valence-electron chi connectivity index (χ1n) is 9.42. The zero-order valence-corrected chi connectivity index (χ0v) is 17.5. The number of anilines is 2. The highest BCUT2D eigenvalue weighted by Gasteiger charge is 2.13. The van der Waals surface area contributed by atoms with Crippen molar-refractivity contribution >= 4 is 23.3 Å². The second kappa shape index (κ2) is 9.13. The molecule has 0 heterocycles. The van der Waals surface area contributed by atoms with Gasteiger partial charge in [-0.25, -0.2) is 9.59 Å². The lowest BCUT2D eigenvalue weighted by molar-refractivity contribution is 0.0720. The summed E-state index contributed by atoms with van der Waals surface area (Å²) in [7, 11) is 7.65. The molecule has 0 aliphatic heterocycles. The summed E-state index contributed by atoms with van der Waals surface area (Å²) >= 11 is 0. The molecule has 6 heteroatoms. The first-order valence-corrected chi connectivity index (χ1v) is 9.42. The molecule has 0 spiro atoms. The van der Waals surface area contributed by atoms with Crippen molar-refractivity contribution in [2.45, 2.75) is 0 Å². The van der Waals surface area contributed by atoms with Gasteiger partial charge in [0.15, 0.2) is 0 Å². The lowest BCUT2D eigenvalue weighted by atomic mass is 10.1. The van der Waals surface area contributed by atoms with Crippen molar-refractivity contribution in [3.05, 3.63) is 83.9 Å². The summed E-state index contributed by atoms with van der Waals surface area (Å²) in [4.78, 5) is 28.7. The van der Waals surface area contributed by atoms with E-state index in [-0.39, 0.29) is 0 Å². The maximum atomic E-state index is 12.4. The Kier molecular flexibility index (Phi) is 6.37. The molecule has 0 radical (unpaired) electrons. The fraction of sp³-hybridized carbons (Fsp3) is 0.167. The van der Waals surface area contributed by atoms with Gasteiger partial charge in [0, 0.05) is 51.7 Å². The van der Waals surface area contributed by atoms with Gasteiger partial charge < -0.3 is 19.3 Å². The van der Waals surface area contributed by atoms with Crippen molar-refractivity contribution < 1.29 is 19.1 Å². The van der Waals surface area contributed by atoms with Gasteiger partial charge in [-0.3, -0.25) is 0 Å². The van der Waals surface area contributed by atoms with E-state index < -0.39 is 11.9 Å². The Labute approximate surface area is 176 Å². The van der Waals surface area contributed by atoms with Crippen LogP contribution in [0.25, 0.3) is 0 Å². The molecule has 0 bridgehead atoms. The molecule has 0 atom stereocenters. The molecule has 6 nitrogen and oxygen atoms in total. The van der Waals surface area contributed by atoms with Crippen molar-refractivity contribution in [1.29, 1.82) is 0 Å². The molecule has 3 aromatic carbocycles. The maximum Gasteiger partial charge on any atom is 0.343 e. The molecule has 0 fully saturated rings. The third-order valence-electron chi connectivity index (χ3n) is 4.45. The average molecular weight is 404 g/mol. The van der Waals surface area contributed by atoms with Crippen LogP contribution in [-0.4, -0.2) is 40.1 Å². The first-order chi connectivity index (χ1) is 14.3. The number of rotatable bonds is 6. The highest BCUT2D eigenvalue weighted by atomic mass is 16.5. The smallest absolute Gasteiger partial charge is 0.343 e. The fourth-order valence-corrected chi connectivity index (χ4v) is 2.72. The number of hydrogen-bond acceptors (Lipinski definition) is 6. The zero-order chi connectivity index (χ0) is 21.7. The largest absolute Gasteiger partial charge is 0.423 e. The van der Waals surface area contributed by atoms with Crippen LogP contribution >= 0.6 is 0 Å². The number of ether oxygens (including phenoxy) is 2. The minimum absolute atomic E-state index is 0.344. The van der Waals surface area contributed by atoms with Crippen molar-refractivity contribution in [2.75, 3.05) is 38.0 Å². The molecule has 0 aliphatic rings. The van der Waals surface area contributed by atoms with E-state index in [1.807, 2.05) is 62.3 Å². The lowest BCUT2D eigenvalue weighted by Crippen LogP contribution is -2.12. The SMILES string of the molecule is CN(C)c1cccc(OC(=O)c2ccc(C(=O)Oc3cccc(N(C)C)c3)cc2)c1. The van der Waals surface area contributed by atoms with Crippen LogP contribution in [0.2, 0.25) is 0 Å². The van der Waals surface area contributed by atoms with Crippen LogP contribution in [0, 0.1) is 0 Å². The van der Waals surface area contributed by atoms with Crippen LogP contribution < -0.4 is 19.3 Å². The predicted octanol–water partition coefficient (Wildman–Crippen LogP) is 4.26. The number of esters is 2. The van der Waals surface area contributed by atoms with E-state index in [1.165, 1.54) is 0 Å². The van der Waals surface area contributed by atoms with Crippen molar-refractivity contribution in [2.24, 2.45) is 0 Å². The van der Waals surface area contributed by atoms with Crippen molar-refractivity contribution in [3.63, 3.8) is 0 Å². The summed E-state index contributed by atoms with van der Waals surface area (Å²) in [6, 6.07) is 20.7. The van der Waals surface area contributed by atoms with Gasteiger partial charge >= 0.3 is 11.9 Å². The molecule has 0 aromatic heterocycles. The van der Waals surface area contributed by atoms with E-state index in [0.717, 1.165) is 11.4 Å². The van der Waals surface area contributed by atoms with Crippen molar-refractivity contribution in [1.82, 2.24) is 0 Å². The quantitative estimate of drug-likeness (QED) is 0.452. The molecule has 0 unspecified atom stereocenters. The summed E-state index contributed by atoms with van der Waals surface area (Å²) in [6.07, 6.45) is 0. The summed E-state index contributed by atoms with van der Waals surface area (Å²) in [5.74, 6) is -0.0834. The van der Waals surface area contributed by atoms with Crippen LogP contribution in [0.1, 0.15) is 20.7 Å². The number of nitrogens with zero attached hydrogens (tertiary/aromatic N) is 2. The van der Waals surface area contributed by atoms with E-state index in [1.54, 1.807) is 48.5 Å². The normalized spacial score (nSPS) is 10.3. The first kappa shape index (κ1) is 20.9. The minimum atomic E-state index is -0.496. The van der Waals surface area contributed by atoms with Gasteiger partial charge in [0.05, 0.1) is 11.1 Å². The Hall–Kier alpha value is -3.80. The molecule has 3 rings (SSSR count).